The zero-order chi connectivity index (χ0) is 21.6. The minimum atomic E-state index is -0.401. The van der Waals surface area contributed by atoms with E-state index < -0.39 is 5.91 Å². The molecule has 7 nitrogen and oxygen atoms in total. The number of nitrogens with one attached hydrogen (secondary N) is 2. The molecule has 31 heavy (non-hydrogen) atoms. The number of nitrogens with zero attached hydrogens (tertiary/aromatic N) is 2. The van der Waals surface area contributed by atoms with Gasteiger partial charge in [-0.05, 0) is 43.5 Å². The second kappa shape index (κ2) is 9.30. The molecule has 7 heteroatoms. The molecule has 2 N–H and O–H groups in total. The minimum Gasteiger partial charge on any atom is -0.456 e. The van der Waals surface area contributed by atoms with E-state index in [-0.39, 0.29) is 19.0 Å². The van der Waals surface area contributed by atoms with Crippen LogP contribution in [0.3, 0.4) is 0 Å². The quantitative estimate of drug-likeness (QED) is 0.422. The molecular formula is C24H24N4O3. The summed E-state index contributed by atoms with van der Waals surface area (Å²) in [7, 11) is 0. The molecule has 1 amide bonds. The molecule has 0 saturated heterocycles. The van der Waals surface area contributed by atoms with Crippen molar-refractivity contribution in [2.75, 3.05) is 11.9 Å². The van der Waals surface area contributed by atoms with Crippen molar-refractivity contribution >= 4 is 28.6 Å². The lowest BCUT2D eigenvalue weighted by molar-refractivity contribution is -0.147. The molecule has 0 fully saturated rings. The van der Waals surface area contributed by atoms with Crippen molar-refractivity contribution in [1.82, 2.24) is 14.8 Å². The van der Waals surface area contributed by atoms with Crippen LogP contribution in [0.25, 0.3) is 16.6 Å². The zero-order valence-electron chi connectivity index (χ0n) is 17.3. The van der Waals surface area contributed by atoms with Crippen LogP contribution in [0.4, 0.5) is 5.82 Å². The Morgan fingerprint density at radius 2 is 1.87 bits per heavy atom. The van der Waals surface area contributed by atoms with Crippen molar-refractivity contribution in [3.63, 3.8) is 0 Å². The number of carbonyl (C=O) groups is 2. The average molecular weight is 416 g/mol. The molecule has 0 radical (unpaired) electrons. The average Bonchev–Trinajstić information content (AvgIpc) is 3.36. The summed E-state index contributed by atoms with van der Waals surface area (Å²) in [6.45, 7) is 1.52. The number of fused-ring (bicyclic) bond motifs is 1. The molecular weight excluding hydrogens is 392 g/mol. The van der Waals surface area contributed by atoms with Crippen molar-refractivity contribution < 1.29 is 14.3 Å². The molecule has 2 heterocycles. The molecule has 4 aromatic rings. The number of para-hydroxylation sites is 2. The molecule has 2 aromatic carbocycles. The fraction of sp³-hybridized carbons (Fsp3) is 0.208. The molecule has 0 aliphatic heterocycles. The number of esters is 1. The maximum absolute atomic E-state index is 12.3. The Morgan fingerprint density at radius 3 is 2.71 bits per heavy atom. The van der Waals surface area contributed by atoms with Gasteiger partial charge < -0.3 is 15.0 Å². The maximum Gasteiger partial charge on any atom is 0.306 e. The van der Waals surface area contributed by atoms with E-state index in [1.807, 2.05) is 61.7 Å². The van der Waals surface area contributed by atoms with Gasteiger partial charge in [0.25, 0.3) is 5.91 Å². The summed E-state index contributed by atoms with van der Waals surface area (Å²) in [5, 5.41) is 8.34. The summed E-state index contributed by atoms with van der Waals surface area (Å²) in [6, 6.07) is 19.3. The maximum atomic E-state index is 12.3. The highest BCUT2D eigenvalue weighted by Crippen LogP contribution is 2.20. The van der Waals surface area contributed by atoms with Gasteiger partial charge in [0.05, 0.1) is 11.4 Å². The van der Waals surface area contributed by atoms with E-state index in [1.165, 1.54) is 10.9 Å². The number of anilines is 1. The van der Waals surface area contributed by atoms with Gasteiger partial charge in [0, 0.05) is 29.6 Å². The lowest BCUT2D eigenvalue weighted by atomic mass is 10.1. The molecule has 158 valence electrons. The lowest BCUT2D eigenvalue weighted by Gasteiger charge is -2.09. The number of H-pyrrole nitrogens is 1. The molecule has 0 aliphatic rings. The topological polar surface area (TPSA) is 89.0 Å². The van der Waals surface area contributed by atoms with Gasteiger partial charge in [-0.25, -0.2) is 4.68 Å². The Labute approximate surface area is 180 Å². The Hall–Kier alpha value is -3.87. The van der Waals surface area contributed by atoms with E-state index >= 15 is 0 Å². The lowest BCUT2D eigenvalue weighted by Crippen LogP contribution is -2.22. The van der Waals surface area contributed by atoms with E-state index in [2.05, 4.69) is 21.5 Å². The van der Waals surface area contributed by atoms with Crippen LogP contribution in [0.15, 0.2) is 66.9 Å². The van der Waals surface area contributed by atoms with Crippen molar-refractivity contribution in [3.8, 4) is 5.69 Å². The predicted octanol–water partition coefficient (Wildman–Crippen LogP) is 4.17. The summed E-state index contributed by atoms with van der Waals surface area (Å²) in [5.74, 6) is -0.256. The van der Waals surface area contributed by atoms with Gasteiger partial charge in [-0.2, -0.15) is 5.10 Å². The first-order valence-corrected chi connectivity index (χ1v) is 10.2. The van der Waals surface area contributed by atoms with E-state index in [4.69, 9.17) is 4.74 Å². The van der Waals surface area contributed by atoms with Crippen molar-refractivity contribution in [2.24, 2.45) is 0 Å². The number of ether oxygens (including phenoxy) is 1. The molecule has 0 aliphatic carbocycles. The first-order chi connectivity index (χ1) is 15.1. The molecule has 0 spiro atoms. The van der Waals surface area contributed by atoms with Crippen molar-refractivity contribution in [2.45, 2.75) is 26.2 Å². The SMILES string of the molecule is Cc1cc(NC(=O)COC(=O)CCCc2c[nH]c3ccccc23)n(-c2ccccc2)n1. The fourth-order valence-corrected chi connectivity index (χ4v) is 3.51. The Bertz CT molecular complexity index is 1190. The number of hydrogen-bond acceptors (Lipinski definition) is 4. The third-order valence-electron chi connectivity index (χ3n) is 4.97. The highest BCUT2D eigenvalue weighted by atomic mass is 16.5. The van der Waals surface area contributed by atoms with E-state index in [1.54, 1.807) is 10.7 Å². The smallest absolute Gasteiger partial charge is 0.306 e. The number of rotatable bonds is 8. The molecule has 0 bridgehead atoms. The van der Waals surface area contributed by atoms with Crippen molar-refractivity contribution in [3.05, 3.63) is 78.1 Å². The molecule has 4 rings (SSSR count). The second-order valence-corrected chi connectivity index (χ2v) is 7.34. The van der Waals surface area contributed by atoms with Gasteiger partial charge in [0.2, 0.25) is 0 Å². The minimum absolute atomic E-state index is 0.258. The summed E-state index contributed by atoms with van der Waals surface area (Å²) in [5.41, 5.74) is 3.86. The number of aromatic nitrogens is 3. The molecule has 0 saturated carbocycles. The van der Waals surface area contributed by atoms with Gasteiger partial charge in [-0.15, -0.1) is 0 Å². The van der Waals surface area contributed by atoms with Crippen LogP contribution in [0.1, 0.15) is 24.1 Å². The number of carbonyl (C=O) groups excluding carboxylic acids is 2. The summed E-state index contributed by atoms with van der Waals surface area (Å²) >= 11 is 0. The number of aromatic amines is 1. The van der Waals surface area contributed by atoms with Crippen LogP contribution >= 0.6 is 0 Å². The van der Waals surface area contributed by atoms with Crippen LogP contribution in [0, 0.1) is 6.92 Å². The fourth-order valence-electron chi connectivity index (χ4n) is 3.51. The standard InChI is InChI=1S/C24H24N4O3/c1-17-14-22(28(27-17)19-9-3-2-4-10-19)26-23(29)16-31-24(30)13-7-8-18-15-25-21-12-6-5-11-20(18)21/h2-6,9-12,14-15,25H,7-8,13,16H2,1H3,(H,26,29). The first-order valence-electron chi connectivity index (χ1n) is 10.2. The Kier molecular flexibility index (Phi) is 6.12. The van der Waals surface area contributed by atoms with Crippen LogP contribution in [0.2, 0.25) is 0 Å². The van der Waals surface area contributed by atoms with Crippen LogP contribution in [-0.4, -0.2) is 33.2 Å². The van der Waals surface area contributed by atoms with Crippen LogP contribution < -0.4 is 5.32 Å². The highest BCUT2D eigenvalue weighted by Gasteiger charge is 2.13. The van der Waals surface area contributed by atoms with Crippen LogP contribution in [-0.2, 0) is 20.7 Å². The van der Waals surface area contributed by atoms with E-state index in [9.17, 15) is 9.59 Å². The molecule has 0 unspecified atom stereocenters. The van der Waals surface area contributed by atoms with Gasteiger partial charge in [-0.1, -0.05) is 36.4 Å². The largest absolute Gasteiger partial charge is 0.456 e. The highest BCUT2D eigenvalue weighted by molar-refractivity contribution is 5.92. The summed E-state index contributed by atoms with van der Waals surface area (Å²) in [6.07, 6.45) is 3.65. The third kappa shape index (κ3) is 5.01. The Morgan fingerprint density at radius 1 is 1.10 bits per heavy atom. The second-order valence-electron chi connectivity index (χ2n) is 7.34. The van der Waals surface area contributed by atoms with E-state index in [0.717, 1.165) is 23.3 Å². The van der Waals surface area contributed by atoms with Gasteiger partial charge in [0.15, 0.2) is 6.61 Å². The number of hydrogen-bond donors (Lipinski definition) is 2. The molecule has 0 atom stereocenters. The van der Waals surface area contributed by atoms with Gasteiger partial charge >= 0.3 is 5.97 Å². The zero-order valence-corrected chi connectivity index (χ0v) is 17.3. The predicted molar refractivity (Wildman–Crippen MR) is 119 cm³/mol. The first kappa shape index (κ1) is 20.4. The summed E-state index contributed by atoms with van der Waals surface area (Å²) < 4.78 is 6.80. The molecule has 2 aromatic heterocycles. The van der Waals surface area contributed by atoms with Crippen LogP contribution in [0.5, 0.6) is 0 Å². The normalized spacial score (nSPS) is 10.9. The number of amides is 1. The Balaban J connectivity index is 1.25. The number of aryl methyl sites for hydroxylation is 2. The van der Waals surface area contributed by atoms with Crippen molar-refractivity contribution in [1.29, 1.82) is 0 Å². The van der Waals surface area contributed by atoms with Gasteiger partial charge in [0.1, 0.15) is 5.82 Å². The monoisotopic (exact) mass is 416 g/mol. The third-order valence-corrected chi connectivity index (χ3v) is 4.97. The number of benzene rings is 2. The van der Waals surface area contributed by atoms with E-state index in [0.29, 0.717) is 12.2 Å². The van der Waals surface area contributed by atoms with Gasteiger partial charge in [-0.3, -0.25) is 9.59 Å². The summed E-state index contributed by atoms with van der Waals surface area (Å²) in [4.78, 5) is 27.6.